The molecule has 2 aromatic rings. The number of carbonyl (C=O) groups excluding carboxylic acids is 1. The van der Waals surface area contributed by atoms with E-state index >= 15 is 0 Å². The van der Waals surface area contributed by atoms with Gasteiger partial charge in [-0.1, -0.05) is 65.1 Å². The van der Waals surface area contributed by atoms with Crippen molar-refractivity contribution >= 4 is 34.2 Å². The molecule has 1 amide bonds. The van der Waals surface area contributed by atoms with Gasteiger partial charge in [0, 0.05) is 49.1 Å². The van der Waals surface area contributed by atoms with E-state index < -0.39 is 11.0 Å². The molecule has 8 atom stereocenters. The van der Waals surface area contributed by atoms with Gasteiger partial charge < -0.3 is 24.4 Å². The SMILES string of the molecule is CC.CCCc1cc(Cl)ccc1C1COc2ccc(C(=O)NS(=O)C(C)C(C)CCC)cc2N(CC2CCC2CC2OC3CNCC3O2)C1. The number of amides is 1. The molecule has 49 heavy (non-hydrogen) atoms. The molecule has 10 heteroatoms. The maximum atomic E-state index is 13.5. The molecule has 3 heterocycles. The van der Waals surface area contributed by atoms with Crippen molar-refractivity contribution < 1.29 is 23.2 Å². The third kappa shape index (κ3) is 9.20. The minimum Gasteiger partial charge on any atom is -0.491 e. The molecule has 272 valence electrons. The number of halogens is 1. The number of nitrogens with zero attached hydrogens (tertiary/aromatic N) is 1. The standard InChI is InChI=1S/C37H52ClN3O5S.C2H6/c1-5-7-23(3)24(4)47(43)40-37(42)27-11-14-33-32(16-27)41(21-29(22-44-33)31-13-12-30(38)15-26(31)8-6-2)20-28-10-9-25(28)17-36-45-34-18-39-19-35(34)46-36;1-2/h11-16,23-25,28-29,34-36,39H,5-10,17-22H2,1-4H3,(H,40,42);1-2H3. The predicted molar refractivity (Wildman–Crippen MR) is 200 cm³/mol. The molecule has 2 N–H and O–H groups in total. The van der Waals surface area contributed by atoms with Crippen molar-refractivity contribution in [3.63, 3.8) is 0 Å². The fourth-order valence-electron chi connectivity index (χ4n) is 7.75. The number of hydrogen-bond donors (Lipinski definition) is 2. The number of benzene rings is 2. The fourth-order valence-corrected chi connectivity index (χ4v) is 8.99. The Hall–Kier alpha value is -2.17. The lowest BCUT2D eigenvalue weighted by Gasteiger charge is -2.42. The summed E-state index contributed by atoms with van der Waals surface area (Å²) in [5.41, 5.74) is 3.96. The number of aryl methyl sites for hydroxylation is 1. The van der Waals surface area contributed by atoms with Crippen molar-refractivity contribution in [2.75, 3.05) is 37.7 Å². The molecule has 2 aromatic carbocycles. The Morgan fingerprint density at radius 1 is 1.04 bits per heavy atom. The Labute approximate surface area is 301 Å². The molecule has 0 spiro atoms. The van der Waals surface area contributed by atoms with Gasteiger partial charge >= 0.3 is 0 Å². The number of fused-ring (bicyclic) bond motifs is 2. The Kier molecular flexibility index (Phi) is 13.9. The van der Waals surface area contributed by atoms with Crippen LogP contribution in [0.1, 0.15) is 107 Å². The van der Waals surface area contributed by atoms with E-state index in [2.05, 4.69) is 47.8 Å². The van der Waals surface area contributed by atoms with Gasteiger partial charge in [-0.2, -0.15) is 0 Å². The average molecular weight is 716 g/mol. The van der Waals surface area contributed by atoms with Gasteiger partial charge in [0.1, 0.15) is 28.9 Å². The van der Waals surface area contributed by atoms with E-state index in [-0.39, 0.29) is 41.5 Å². The van der Waals surface area contributed by atoms with Crippen molar-refractivity contribution in [1.29, 1.82) is 0 Å². The van der Waals surface area contributed by atoms with Crippen LogP contribution in [0.15, 0.2) is 36.4 Å². The lowest BCUT2D eigenvalue weighted by molar-refractivity contribution is -0.0955. The summed E-state index contributed by atoms with van der Waals surface area (Å²) < 4.78 is 34.9. The zero-order chi connectivity index (χ0) is 35.1. The van der Waals surface area contributed by atoms with Gasteiger partial charge in [0.15, 0.2) is 6.29 Å². The summed E-state index contributed by atoms with van der Waals surface area (Å²) in [6.45, 7) is 16.3. The van der Waals surface area contributed by atoms with E-state index in [1.165, 1.54) is 17.5 Å². The Morgan fingerprint density at radius 2 is 1.78 bits per heavy atom. The van der Waals surface area contributed by atoms with Crippen LogP contribution in [0.4, 0.5) is 5.69 Å². The second-order valence-corrected chi connectivity index (χ2v) is 16.1. The van der Waals surface area contributed by atoms with E-state index in [0.717, 1.165) is 81.2 Å². The molecule has 3 fully saturated rings. The van der Waals surface area contributed by atoms with Crippen LogP contribution in [0.3, 0.4) is 0 Å². The minimum absolute atomic E-state index is 0.128. The molecule has 3 aliphatic heterocycles. The molecule has 8 unspecified atom stereocenters. The first-order valence-electron chi connectivity index (χ1n) is 18.8. The highest BCUT2D eigenvalue weighted by atomic mass is 35.5. The summed E-state index contributed by atoms with van der Waals surface area (Å²) in [5.74, 6) is 1.86. The van der Waals surface area contributed by atoms with Crippen molar-refractivity contribution in [3.8, 4) is 5.75 Å². The van der Waals surface area contributed by atoms with Gasteiger partial charge in [-0.25, -0.2) is 4.21 Å². The summed E-state index contributed by atoms with van der Waals surface area (Å²) >= 11 is 6.45. The van der Waals surface area contributed by atoms with Crippen LogP contribution < -0.4 is 19.7 Å². The smallest absolute Gasteiger partial charge is 0.263 e. The van der Waals surface area contributed by atoms with Crippen LogP contribution in [0.5, 0.6) is 5.75 Å². The second kappa shape index (κ2) is 17.9. The third-order valence-electron chi connectivity index (χ3n) is 10.9. The first-order chi connectivity index (χ1) is 23.7. The molecule has 8 nitrogen and oxygen atoms in total. The molecule has 0 bridgehead atoms. The minimum atomic E-state index is -1.47. The second-order valence-electron chi connectivity index (χ2n) is 14.2. The quantitative estimate of drug-likeness (QED) is 0.220. The molecule has 1 aliphatic carbocycles. The zero-order valence-corrected chi connectivity index (χ0v) is 31.9. The summed E-state index contributed by atoms with van der Waals surface area (Å²) in [6, 6.07) is 11.9. The topological polar surface area (TPSA) is 89.1 Å². The van der Waals surface area contributed by atoms with Gasteiger partial charge in [0.2, 0.25) is 0 Å². The van der Waals surface area contributed by atoms with Crippen molar-refractivity contribution in [3.05, 3.63) is 58.1 Å². The summed E-state index contributed by atoms with van der Waals surface area (Å²) in [5, 5.41) is 3.98. The zero-order valence-electron chi connectivity index (χ0n) is 30.3. The lowest BCUT2D eigenvalue weighted by Crippen LogP contribution is -2.41. The summed E-state index contributed by atoms with van der Waals surface area (Å²) in [4.78, 5) is 15.9. The van der Waals surface area contributed by atoms with Crippen molar-refractivity contribution in [2.45, 2.75) is 116 Å². The van der Waals surface area contributed by atoms with Gasteiger partial charge in [0.25, 0.3) is 5.91 Å². The van der Waals surface area contributed by atoms with E-state index in [4.69, 9.17) is 25.8 Å². The van der Waals surface area contributed by atoms with Crippen LogP contribution in [0.2, 0.25) is 5.02 Å². The first kappa shape index (κ1) is 38.1. The van der Waals surface area contributed by atoms with E-state index in [9.17, 15) is 9.00 Å². The monoisotopic (exact) mass is 715 g/mol. The van der Waals surface area contributed by atoms with Gasteiger partial charge in [-0.05, 0) is 91.8 Å². The Balaban J connectivity index is 0.00000230. The first-order valence-corrected chi connectivity index (χ1v) is 20.4. The van der Waals surface area contributed by atoms with E-state index in [0.29, 0.717) is 24.0 Å². The molecule has 2 saturated heterocycles. The van der Waals surface area contributed by atoms with Crippen LogP contribution in [-0.2, 0) is 26.9 Å². The Bertz CT molecular complexity index is 1420. The highest BCUT2D eigenvalue weighted by molar-refractivity contribution is 7.84. The molecular formula is C39H58ClN3O5S. The highest BCUT2D eigenvalue weighted by Gasteiger charge is 2.43. The molecule has 0 aromatic heterocycles. The number of ether oxygens (including phenoxy) is 3. The van der Waals surface area contributed by atoms with Crippen molar-refractivity contribution in [2.24, 2.45) is 17.8 Å². The normalized spacial score (nSPS) is 27.7. The predicted octanol–water partition coefficient (Wildman–Crippen LogP) is 7.65. The molecule has 6 rings (SSSR count). The molecular weight excluding hydrogens is 658 g/mol. The van der Waals surface area contributed by atoms with Crippen LogP contribution in [0.25, 0.3) is 0 Å². The van der Waals surface area contributed by atoms with E-state index in [1.54, 1.807) is 6.07 Å². The number of rotatable bonds is 13. The van der Waals surface area contributed by atoms with Gasteiger partial charge in [-0.15, -0.1) is 0 Å². The fraction of sp³-hybridized carbons (Fsp3) is 0.667. The number of carbonyl (C=O) groups is 1. The number of anilines is 1. The average Bonchev–Trinajstić information content (AvgIpc) is 3.64. The van der Waals surface area contributed by atoms with Crippen molar-refractivity contribution in [1.82, 2.24) is 10.0 Å². The Morgan fingerprint density at radius 3 is 2.45 bits per heavy atom. The summed E-state index contributed by atoms with van der Waals surface area (Å²) in [7, 11) is -1.47. The molecule has 0 radical (unpaired) electrons. The third-order valence-corrected chi connectivity index (χ3v) is 12.6. The van der Waals surface area contributed by atoms with E-state index in [1.807, 2.05) is 39.0 Å². The molecule has 4 aliphatic rings. The summed E-state index contributed by atoms with van der Waals surface area (Å²) in [6.07, 6.45) is 7.44. The van der Waals surface area contributed by atoms with Crippen LogP contribution in [0, 0.1) is 17.8 Å². The highest BCUT2D eigenvalue weighted by Crippen LogP contribution is 2.44. The lowest BCUT2D eigenvalue weighted by atomic mass is 9.71. The number of nitrogens with one attached hydrogen (secondary N) is 2. The van der Waals surface area contributed by atoms with Crippen LogP contribution in [-0.4, -0.2) is 66.6 Å². The maximum absolute atomic E-state index is 13.5. The van der Waals surface area contributed by atoms with Crippen LogP contribution >= 0.6 is 11.6 Å². The van der Waals surface area contributed by atoms with Gasteiger partial charge in [0.05, 0.1) is 17.5 Å². The maximum Gasteiger partial charge on any atom is 0.263 e. The number of hydrogen-bond acceptors (Lipinski definition) is 7. The molecule has 1 saturated carbocycles. The largest absolute Gasteiger partial charge is 0.491 e. The van der Waals surface area contributed by atoms with Gasteiger partial charge in [-0.3, -0.25) is 9.52 Å².